The average molecular weight is 523 g/mol. The number of nitrogens with zero attached hydrogens (tertiary/aromatic N) is 1. The zero-order valence-electron chi connectivity index (χ0n) is 22.1. The van der Waals surface area contributed by atoms with Crippen molar-refractivity contribution >= 4 is 32.5 Å². The molecule has 9 nitrogen and oxygen atoms in total. The van der Waals surface area contributed by atoms with E-state index in [-0.39, 0.29) is 24.3 Å². The van der Waals surface area contributed by atoms with E-state index in [1.54, 1.807) is 33.8 Å². The van der Waals surface area contributed by atoms with Gasteiger partial charge >= 0.3 is 12.1 Å². The van der Waals surface area contributed by atoms with Crippen molar-refractivity contribution in [2.24, 2.45) is 11.8 Å². The van der Waals surface area contributed by atoms with Crippen LogP contribution in [0.25, 0.3) is 0 Å². The lowest BCUT2D eigenvalue weighted by molar-refractivity contribution is -0.150. The van der Waals surface area contributed by atoms with Crippen molar-refractivity contribution in [1.82, 2.24) is 15.5 Å². The predicted molar refractivity (Wildman–Crippen MR) is 140 cm³/mol. The molecule has 3 amide bonds. The molecular weight excluding hydrogens is 481 g/mol. The highest BCUT2D eigenvalue weighted by molar-refractivity contribution is 7.38. The van der Waals surface area contributed by atoms with Crippen LogP contribution in [0.2, 0.25) is 0 Å². The van der Waals surface area contributed by atoms with E-state index in [2.05, 4.69) is 17.2 Å². The maximum absolute atomic E-state index is 13.7. The van der Waals surface area contributed by atoms with Gasteiger partial charge in [0.2, 0.25) is 11.8 Å². The number of carbonyl (C=O) groups excluding carboxylic acids is 4. The molecule has 201 valence electrons. The van der Waals surface area contributed by atoms with Gasteiger partial charge in [0.1, 0.15) is 23.2 Å². The maximum Gasteiger partial charge on any atom is 0.408 e. The van der Waals surface area contributed by atoms with Gasteiger partial charge in [-0.05, 0) is 58.8 Å². The molecule has 2 rings (SSSR count). The summed E-state index contributed by atoms with van der Waals surface area (Å²) < 4.78 is 10.5. The Morgan fingerprint density at radius 1 is 1.28 bits per heavy atom. The molecule has 6 atom stereocenters. The minimum absolute atomic E-state index is 0.122. The molecule has 1 aliphatic carbocycles. The fourth-order valence-electron chi connectivity index (χ4n) is 4.40. The van der Waals surface area contributed by atoms with Crippen molar-refractivity contribution in [3.05, 3.63) is 25.3 Å². The fourth-order valence-corrected chi connectivity index (χ4v) is 5.34. The second-order valence-corrected chi connectivity index (χ2v) is 11.7. The number of hydrogen-bond acceptors (Lipinski definition) is 6. The first-order valence-corrected chi connectivity index (χ1v) is 14.0. The number of rotatable bonds is 12. The lowest BCUT2D eigenvalue weighted by Gasteiger charge is -2.30. The predicted octanol–water partition coefficient (Wildman–Crippen LogP) is 2.80. The van der Waals surface area contributed by atoms with Crippen molar-refractivity contribution in [2.75, 3.05) is 25.5 Å². The molecule has 0 aromatic heterocycles. The van der Waals surface area contributed by atoms with Crippen LogP contribution >= 0.6 is 8.58 Å². The second kappa shape index (κ2) is 12.7. The van der Waals surface area contributed by atoms with E-state index in [0.29, 0.717) is 40.3 Å². The minimum Gasteiger partial charge on any atom is -0.464 e. The Balaban J connectivity index is 2.23. The quantitative estimate of drug-likeness (QED) is 0.176. The normalized spacial score (nSPS) is 26.2. The molecular formula is C26H41N3O6P. The Morgan fingerprint density at radius 3 is 2.50 bits per heavy atom. The summed E-state index contributed by atoms with van der Waals surface area (Å²) in [5, 5.41) is 5.55. The molecule has 1 aliphatic heterocycles. The van der Waals surface area contributed by atoms with E-state index in [9.17, 15) is 19.2 Å². The highest BCUT2D eigenvalue weighted by Gasteiger charge is 2.62. The molecule has 1 radical (unpaired) electrons. The molecule has 2 aliphatic rings. The highest BCUT2D eigenvalue weighted by atomic mass is 31.1. The Morgan fingerprint density at radius 2 is 1.97 bits per heavy atom. The minimum atomic E-state index is -1.19. The van der Waals surface area contributed by atoms with Crippen LogP contribution in [0.15, 0.2) is 18.7 Å². The lowest BCUT2D eigenvalue weighted by Crippen LogP contribution is -2.57. The number of allylic oxidation sites excluding steroid dienone is 1. The zero-order chi connectivity index (χ0) is 27.1. The maximum atomic E-state index is 13.7. The Labute approximate surface area is 216 Å². The summed E-state index contributed by atoms with van der Waals surface area (Å²) >= 11 is 0. The molecule has 0 aromatic rings. The molecule has 1 saturated heterocycles. The highest BCUT2D eigenvalue weighted by Crippen LogP contribution is 2.45. The van der Waals surface area contributed by atoms with Crippen molar-refractivity contribution in [2.45, 2.75) is 77.1 Å². The Kier molecular flexibility index (Phi) is 10.5. The van der Waals surface area contributed by atoms with Gasteiger partial charge in [-0.15, -0.1) is 15.2 Å². The third kappa shape index (κ3) is 7.55. The van der Waals surface area contributed by atoms with E-state index in [1.807, 2.05) is 6.92 Å². The first-order chi connectivity index (χ1) is 16.9. The van der Waals surface area contributed by atoms with Gasteiger partial charge in [-0.1, -0.05) is 32.1 Å². The van der Waals surface area contributed by atoms with Gasteiger partial charge in [0.05, 0.1) is 6.61 Å². The van der Waals surface area contributed by atoms with Crippen LogP contribution < -0.4 is 10.6 Å². The molecule has 1 saturated carbocycles. The Bertz CT molecular complexity index is 857. The summed E-state index contributed by atoms with van der Waals surface area (Å²) in [5.74, 6) is -1.48. The van der Waals surface area contributed by atoms with Gasteiger partial charge in [-0.2, -0.15) is 0 Å². The third-order valence-electron chi connectivity index (χ3n) is 6.41. The smallest absolute Gasteiger partial charge is 0.408 e. The number of likely N-dealkylation sites (tertiary alicyclic amines) is 1. The van der Waals surface area contributed by atoms with Crippen LogP contribution in [0.3, 0.4) is 0 Å². The molecule has 1 unspecified atom stereocenters. The number of carbonyl (C=O) groups is 4. The summed E-state index contributed by atoms with van der Waals surface area (Å²) in [4.78, 5) is 53.8. The second-order valence-electron chi connectivity index (χ2n) is 10.3. The van der Waals surface area contributed by atoms with Crippen LogP contribution in [0, 0.1) is 18.4 Å². The van der Waals surface area contributed by atoms with Gasteiger partial charge in [-0.3, -0.25) is 9.59 Å². The largest absolute Gasteiger partial charge is 0.464 e. The molecule has 36 heavy (non-hydrogen) atoms. The van der Waals surface area contributed by atoms with Gasteiger partial charge in [0, 0.05) is 12.5 Å². The van der Waals surface area contributed by atoms with E-state index in [4.69, 9.17) is 16.1 Å². The molecule has 0 bridgehead atoms. The summed E-state index contributed by atoms with van der Waals surface area (Å²) in [6.45, 7) is 18.9. The number of alkyl carbamates (subject to hydrolysis) is 1. The standard InChI is InChI=1S/C26H41N3O6P/c1-8-12-36-16-19(27-24(33)35-25(5,6)7)22(31)29-15-17(9-2)13-20(29)21(30)28-26(14-18(26)10-3)23(32)34-11-4/h3,8,10,17-20,36H,1,9,11-16H2,2,4-7H3,(H,27,33)(H,28,30)/t17-,18-,19+,20+,26-/m1/s1. The monoisotopic (exact) mass is 522 g/mol. The van der Waals surface area contributed by atoms with E-state index >= 15 is 0 Å². The average Bonchev–Trinajstić information content (AvgIpc) is 3.34. The number of amides is 3. The van der Waals surface area contributed by atoms with Crippen LogP contribution in [0.4, 0.5) is 4.79 Å². The zero-order valence-corrected chi connectivity index (χ0v) is 23.1. The first kappa shape index (κ1) is 29.8. The molecule has 2 fully saturated rings. The molecule has 2 N–H and O–H groups in total. The summed E-state index contributed by atoms with van der Waals surface area (Å²) in [6.07, 6.45) is 5.21. The van der Waals surface area contributed by atoms with Crippen LogP contribution in [0.5, 0.6) is 0 Å². The Hall–Kier alpha value is -2.41. The van der Waals surface area contributed by atoms with Gasteiger partial charge in [0.15, 0.2) is 0 Å². The van der Waals surface area contributed by atoms with Gasteiger partial charge < -0.3 is 25.0 Å². The summed E-state index contributed by atoms with van der Waals surface area (Å²) in [7, 11) is 0.368. The van der Waals surface area contributed by atoms with Crippen LogP contribution in [-0.4, -0.2) is 77.5 Å². The van der Waals surface area contributed by atoms with E-state index < -0.39 is 41.2 Å². The van der Waals surface area contributed by atoms with Crippen molar-refractivity contribution in [1.29, 1.82) is 0 Å². The van der Waals surface area contributed by atoms with Gasteiger partial charge in [-0.25, -0.2) is 9.59 Å². The van der Waals surface area contributed by atoms with Crippen molar-refractivity contribution in [3.8, 4) is 0 Å². The number of nitrogens with one attached hydrogen (secondary N) is 2. The fraction of sp³-hybridized carbons (Fsp3) is 0.692. The number of hydrogen-bond donors (Lipinski definition) is 2. The summed E-state index contributed by atoms with van der Waals surface area (Å²) in [6, 6.07) is -1.60. The molecule has 10 heteroatoms. The van der Waals surface area contributed by atoms with Crippen molar-refractivity contribution < 1.29 is 28.7 Å². The third-order valence-corrected chi connectivity index (χ3v) is 7.68. The van der Waals surface area contributed by atoms with E-state index in [0.717, 1.165) is 6.42 Å². The molecule has 0 spiro atoms. The number of ether oxygens (including phenoxy) is 2. The van der Waals surface area contributed by atoms with Crippen LogP contribution in [-0.2, 0) is 23.9 Å². The van der Waals surface area contributed by atoms with Crippen LogP contribution in [0.1, 0.15) is 53.9 Å². The van der Waals surface area contributed by atoms with Crippen molar-refractivity contribution in [3.63, 3.8) is 0 Å². The van der Waals surface area contributed by atoms with Gasteiger partial charge in [0.25, 0.3) is 0 Å². The molecule has 1 heterocycles. The lowest BCUT2D eigenvalue weighted by atomic mass is 10.0. The molecule has 0 aromatic carbocycles. The topological polar surface area (TPSA) is 114 Å². The first-order valence-electron chi connectivity index (χ1n) is 12.6. The number of esters is 1. The summed E-state index contributed by atoms with van der Waals surface area (Å²) in [5.41, 5.74) is -1.91. The van der Waals surface area contributed by atoms with E-state index in [1.165, 1.54) is 11.0 Å². The SMILES string of the molecule is [CH]=C[C@@H]1C[C@]1(NC(=O)[C@@H]1C[C@@H](CC)CN1C(=O)[C@H](CPCC=C)NC(=O)OC(C)(C)C)C(=O)OCC.